The van der Waals surface area contributed by atoms with Crippen LogP contribution in [0.1, 0.15) is 11.4 Å². The fraction of sp³-hybridized carbons (Fsp3) is 0.167. The molecular weight excluding hydrogens is 180 g/mol. The molecule has 1 rings (SSSR count). The number of H-pyrrole nitrogens is 1. The van der Waals surface area contributed by atoms with E-state index >= 15 is 0 Å². The van der Waals surface area contributed by atoms with Crippen molar-refractivity contribution >= 4 is 15.9 Å². The average Bonchev–Trinajstić information content (AvgIpc) is 2.13. The fourth-order valence-corrected chi connectivity index (χ4v) is 0.921. The van der Waals surface area contributed by atoms with Gasteiger partial charge in [0, 0.05) is 10.2 Å². The number of nitriles is 1. The molecule has 0 bridgehead atoms. The predicted octanol–water partition coefficient (Wildman–Crippen LogP) is 1.96. The van der Waals surface area contributed by atoms with Crippen LogP contribution in [0.4, 0.5) is 0 Å². The van der Waals surface area contributed by atoms with Crippen molar-refractivity contribution in [3.8, 4) is 6.07 Å². The van der Waals surface area contributed by atoms with Crippen LogP contribution in [0.5, 0.6) is 0 Å². The minimum Gasteiger partial charge on any atom is -0.350 e. The number of aromatic amines is 1. The molecule has 0 aliphatic heterocycles. The number of halogens is 1. The van der Waals surface area contributed by atoms with Crippen molar-refractivity contribution in [2.75, 3.05) is 0 Å². The molecule has 0 saturated heterocycles. The maximum Gasteiger partial charge on any atom is 0.118 e. The molecule has 0 amide bonds. The van der Waals surface area contributed by atoms with Gasteiger partial charge in [0.25, 0.3) is 0 Å². The van der Waals surface area contributed by atoms with Crippen LogP contribution in [-0.4, -0.2) is 4.98 Å². The van der Waals surface area contributed by atoms with Gasteiger partial charge in [0.2, 0.25) is 0 Å². The van der Waals surface area contributed by atoms with Crippen LogP contribution in [0.2, 0.25) is 0 Å². The van der Waals surface area contributed by atoms with Gasteiger partial charge in [-0.25, -0.2) is 0 Å². The first-order valence-corrected chi connectivity index (χ1v) is 3.28. The third kappa shape index (κ3) is 1.14. The van der Waals surface area contributed by atoms with E-state index in [0.717, 1.165) is 10.2 Å². The van der Waals surface area contributed by atoms with Crippen LogP contribution in [0, 0.1) is 18.3 Å². The van der Waals surface area contributed by atoms with Crippen molar-refractivity contribution in [2.24, 2.45) is 0 Å². The van der Waals surface area contributed by atoms with Crippen molar-refractivity contribution in [1.82, 2.24) is 4.98 Å². The Hall–Kier alpha value is -0.750. The van der Waals surface area contributed by atoms with E-state index < -0.39 is 0 Å². The van der Waals surface area contributed by atoms with Crippen LogP contribution in [0.25, 0.3) is 0 Å². The Morgan fingerprint density at radius 1 is 1.78 bits per heavy atom. The molecule has 1 aromatic heterocycles. The van der Waals surface area contributed by atoms with E-state index in [4.69, 9.17) is 5.26 Å². The quantitative estimate of drug-likeness (QED) is 0.659. The lowest BCUT2D eigenvalue weighted by molar-refractivity contribution is 1.22. The van der Waals surface area contributed by atoms with Crippen LogP contribution in [-0.2, 0) is 0 Å². The molecule has 3 heteroatoms. The molecule has 46 valence electrons. The van der Waals surface area contributed by atoms with Crippen molar-refractivity contribution in [2.45, 2.75) is 6.92 Å². The molecule has 0 aliphatic rings. The Kier molecular flexibility index (Phi) is 1.58. The highest BCUT2D eigenvalue weighted by Crippen LogP contribution is 2.15. The Bertz CT molecular complexity index is 237. The highest BCUT2D eigenvalue weighted by molar-refractivity contribution is 9.10. The van der Waals surface area contributed by atoms with Crippen molar-refractivity contribution in [3.05, 3.63) is 21.9 Å². The topological polar surface area (TPSA) is 39.6 Å². The van der Waals surface area contributed by atoms with E-state index in [-0.39, 0.29) is 0 Å². The molecule has 0 unspecified atom stereocenters. The number of aryl methyl sites for hydroxylation is 1. The molecule has 0 aliphatic carbocycles. The first-order chi connectivity index (χ1) is 4.24. The third-order valence-electron chi connectivity index (χ3n) is 1.07. The lowest BCUT2D eigenvalue weighted by atomic mass is 10.4. The summed E-state index contributed by atoms with van der Waals surface area (Å²) in [5, 5.41) is 8.37. The van der Waals surface area contributed by atoms with Gasteiger partial charge >= 0.3 is 0 Å². The molecule has 0 radical (unpaired) electrons. The van der Waals surface area contributed by atoms with Gasteiger partial charge in [-0.05, 0) is 28.9 Å². The van der Waals surface area contributed by atoms with E-state index in [1.54, 1.807) is 6.07 Å². The predicted molar refractivity (Wildman–Crippen MR) is 37.9 cm³/mol. The van der Waals surface area contributed by atoms with Crippen molar-refractivity contribution in [3.63, 3.8) is 0 Å². The number of hydrogen-bond donors (Lipinski definition) is 1. The Morgan fingerprint density at radius 3 is 2.67 bits per heavy atom. The zero-order valence-corrected chi connectivity index (χ0v) is 6.49. The molecule has 1 heterocycles. The molecule has 0 atom stereocenters. The Labute approximate surface area is 61.6 Å². The SMILES string of the molecule is Cc1[nH]c(C#N)cc1Br. The van der Waals surface area contributed by atoms with Crippen LogP contribution in [0.15, 0.2) is 10.5 Å². The van der Waals surface area contributed by atoms with Gasteiger partial charge in [-0.3, -0.25) is 0 Å². The standard InChI is InChI=1S/C6H5BrN2/c1-4-6(7)2-5(3-8)9-4/h2,9H,1H3. The van der Waals surface area contributed by atoms with E-state index in [1.807, 2.05) is 13.0 Å². The summed E-state index contributed by atoms with van der Waals surface area (Å²) < 4.78 is 0.957. The molecular formula is C6H5BrN2. The summed E-state index contributed by atoms with van der Waals surface area (Å²) in [6.07, 6.45) is 0. The van der Waals surface area contributed by atoms with Gasteiger partial charge in [0.15, 0.2) is 0 Å². The van der Waals surface area contributed by atoms with Crippen molar-refractivity contribution < 1.29 is 0 Å². The minimum absolute atomic E-state index is 0.597. The molecule has 0 spiro atoms. The molecule has 0 fully saturated rings. The lowest BCUT2D eigenvalue weighted by Crippen LogP contribution is -1.71. The fourth-order valence-electron chi connectivity index (χ4n) is 0.593. The molecule has 1 aromatic rings. The maximum absolute atomic E-state index is 8.37. The highest BCUT2D eigenvalue weighted by Gasteiger charge is 1.97. The zero-order chi connectivity index (χ0) is 6.85. The molecule has 0 saturated carbocycles. The van der Waals surface area contributed by atoms with Crippen molar-refractivity contribution in [1.29, 1.82) is 5.26 Å². The molecule has 0 aromatic carbocycles. The van der Waals surface area contributed by atoms with Gasteiger partial charge in [-0.2, -0.15) is 5.26 Å². The third-order valence-corrected chi connectivity index (χ3v) is 1.90. The highest BCUT2D eigenvalue weighted by atomic mass is 79.9. The molecule has 9 heavy (non-hydrogen) atoms. The number of hydrogen-bond acceptors (Lipinski definition) is 1. The molecule has 2 nitrogen and oxygen atoms in total. The lowest BCUT2D eigenvalue weighted by Gasteiger charge is -1.79. The number of nitrogens with zero attached hydrogens (tertiary/aromatic N) is 1. The normalized spacial score (nSPS) is 9.00. The number of rotatable bonds is 0. The second-order valence-electron chi connectivity index (χ2n) is 1.77. The van der Waals surface area contributed by atoms with Gasteiger partial charge in [-0.1, -0.05) is 0 Å². The van der Waals surface area contributed by atoms with E-state index in [9.17, 15) is 0 Å². The Morgan fingerprint density at radius 2 is 2.44 bits per heavy atom. The van der Waals surface area contributed by atoms with E-state index in [2.05, 4.69) is 20.9 Å². The smallest absolute Gasteiger partial charge is 0.118 e. The summed E-state index contributed by atoms with van der Waals surface area (Å²) in [7, 11) is 0. The van der Waals surface area contributed by atoms with E-state index in [0.29, 0.717) is 5.69 Å². The number of aromatic nitrogens is 1. The van der Waals surface area contributed by atoms with Crippen LogP contribution in [0.3, 0.4) is 0 Å². The maximum atomic E-state index is 8.37. The second-order valence-corrected chi connectivity index (χ2v) is 2.62. The summed E-state index contributed by atoms with van der Waals surface area (Å²) in [5.74, 6) is 0. The first kappa shape index (κ1) is 6.37. The van der Waals surface area contributed by atoms with E-state index in [1.165, 1.54) is 0 Å². The summed E-state index contributed by atoms with van der Waals surface area (Å²) in [5.41, 5.74) is 1.59. The van der Waals surface area contributed by atoms with Gasteiger partial charge < -0.3 is 4.98 Å². The summed E-state index contributed by atoms with van der Waals surface area (Å²) >= 11 is 3.27. The van der Waals surface area contributed by atoms with Gasteiger partial charge in [0.1, 0.15) is 11.8 Å². The summed E-state index contributed by atoms with van der Waals surface area (Å²) in [6.45, 7) is 1.91. The summed E-state index contributed by atoms with van der Waals surface area (Å²) in [4.78, 5) is 2.89. The first-order valence-electron chi connectivity index (χ1n) is 2.49. The van der Waals surface area contributed by atoms with Gasteiger partial charge in [-0.15, -0.1) is 0 Å². The second kappa shape index (κ2) is 2.24. The largest absolute Gasteiger partial charge is 0.350 e. The van der Waals surface area contributed by atoms with Gasteiger partial charge in [0.05, 0.1) is 0 Å². The van der Waals surface area contributed by atoms with Crippen LogP contribution >= 0.6 is 15.9 Å². The monoisotopic (exact) mass is 184 g/mol. The average molecular weight is 185 g/mol. The summed E-state index contributed by atoms with van der Waals surface area (Å²) in [6, 6.07) is 3.76. The Balaban J connectivity index is 3.16. The molecule has 1 N–H and O–H groups in total. The van der Waals surface area contributed by atoms with Crippen LogP contribution < -0.4 is 0 Å². The number of nitrogens with one attached hydrogen (secondary N) is 1. The zero-order valence-electron chi connectivity index (χ0n) is 4.90. The minimum atomic E-state index is 0.597.